The molecule has 0 saturated carbocycles. The van der Waals surface area contributed by atoms with E-state index in [1.54, 1.807) is 18.2 Å². The Kier molecular flexibility index (Phi) is 3.88. The molecule has 20 heavy (non-hydrogen) atoms. The fourth-order valence-electron chi connectivity index (χ4n) is 2.27. The molecule has 0 aromatic heterocycles. The average Bonchev–Trinajstić information content (AvgIpc) is 2.77. The molecule has 1 heterocycles. The lowest BCUT2D eigenvalue weighted by Crippen LogP contribution is -2.37. The van der Waals surface area contributed by atoms with Gasteiger partial charge in [-0.25, -0.2) is 9.59 Å². The summed E-state index contributed by atoms with van der Waals surface area (Å²) in [6.45, 7) is 1.18. The molecular formula is C13H15N3O4. The van der Waals surface area contributed by atoms with Crippen LogP contribution in [0.2, 0.25) is 0 Å². The van der Waals surface area contributed by atoms with Crippen molar-refractivity contribution in [1.82, 2.24) is 5.32 Å². The van der Waals surface area contributed by atoms with Gasteiger partial charge in [-0.05, 0) is 30.2 Å². The number of hydrogen-bond acceptors (Lipinski definition) is 4. The molecule has 106 valence electrons. The van der Waals surface area contributed by atoms with Crippen molar-refractivity contribution in [3.05, 3.63) is 29.3 Å². The number of nitrogens with one attached hydrogen (secondary N) is 1. The van der Waals surface area contributed by atoms with E-state index in [0.717, 1.165) is 24.2 Å². The van der Waals surface area contributed by atoms with E-state index in [1.165, 1.54) is 0 Å². The number of anilines is 1. The molecule has 0 aliphatic carbocycles. The second kappa shape index (κ2) is 5.60. The third-order valence-corrected chi connectivity index (χ3v) is 3.19. The van der Waals surface area contributed by atoms with Crippen LogP contribution in [0.3, 0.4) is 0 Å². The zero-order valence-corrected chi connectivity index (χ0v) is 10.8. The quantitative estimate of drug-likeness (QED) is 0.734. The number of carbonyl (C=O) groups excluding carboxylic acids is 2. The van der Waals surface area contributed by atoms with E-state index in [1.807, 2.05) is 10.2 Å². The van der Waals surface area contributed by atoms with Crippen molar-refractivity contribution in [3.63, 3.8) is 0 Å². The summed E-state index contributed by atoms with van der Waals surface area (Å²) in [5, 5.41) is 10.9. The summed E-state index contributed by atoms with van der Waals surface area (Å²) in [7, 11) is 0. The van der Waals surface area contributed by atoms with Gasteiger partial charge >= 0.3 is 12.0 Å². The molecule has 0 radical (unpaired) electrons. The lowest BCUT2D eigenvalue weighted by Gasteiger charge is -2.18. The predicted molar refractivity (Wildman–Crippen MR) is 71.7 cm³/mol. The van der Waals surface area contributed by atoms with Gasteiger partial charge in [0.05, 0.1) is 5.56 Å². The molecule has 0 saturated heterocycles. The van der Waals surface area contributed by atoms with E-state index in [9.17, 15) is 14.4 Å². The number of carboxylic acid groups (broad SMARTS) is 1. The molecule has 1 aromatic rings. The van der Waals surface area contributed by atoms with E-state index in [0.29, 0.717) is 6.54 Å². The van der Waals surface area contributed by atoms with Crippen LogP contribution in [0.4, 0.5) is 10.5 Å². The minimum atomic E-state index is -0.952. The van der Waals surface area contributed by atoms with Crippen molar-refractivity contribution in [1.29, 1.82) is 0 Å². The summed E-state index contributed by atoms with van der Waals surface area (Å²) < 4.78 is 0. The molecule has 7 nitrogen and oxygen atoms in total. The summed E-state index contributed by atoms with van der Waals surface area (Å²) in [4.78, 5) is 34.8. The fraction of sp³-hybridized carbons (Fsp3) is 0.308. The highest BCUT2D eigenvalue weighted by Gasteiger charge is 2.21. The number of urea groups is 1. The Balaban J connectivity index is 2.00. The molecule has 0 fully saturated rings. The van der Waals surface area contributed by atoms with Gasteiger partial charge in [-0.3, -0.25) is 10.1 Å². The normalized spacial score (nSPS) is 12.9. The SMILES string of the molecule is NC(=O)NC(=O)CCN1CCc2cc(C(=O)O)ccc21. The van der Waals surface area contributed by atoms with Gasteiger partial charge in [0.1, 0.15) is 0 Å². The Morgan fingerprint density at radius 1 is 1.35 bits per heavy atom. The number of nitrogens with zero attached hydrogens (tertiary/aromatic N) is 1. The number of rotatable bonds is 4. The number of nitrogens with two attached hydrogens (primary N) is 1. The Labute approximate surface area is 115 Å². The molecule has 0 spiro atoms. The molecule has 1 aromatic carbocycles. The second-order valence-electron chi connectivity index (χ2n) is 4.55. The van der Waals surface area contributed by atoms with Gasteiger partial charge in [0, 0.05) is 25.2 Å². The van der Waals surface area contributed by atoms with Crippen molar-refractivity contribution < 1.29 is 19.5 Å². The summed E-state index contributed by atoms with van der Waals surface area (Å²) in [6, 6.07) is 4.09. The lowest BCUT2D eigenvalue weighted by molar-refractivity contribution is -0.119. The highest BCUT2D eigenvalue weighted by Crippen LogP contribution is 2.28. The van der Waals surface area contributed by atoms with E-state index in [-0.39, 0.29) is 12.0 Å². The van der Waals surface area contributed by atoms with Crippen molar-refractivity contribution in [2.45, 2.75) is 12.8 Å². The van der Waals surface area contributed by atoms with E-state index < -0.39 is 17.9 Å². The van der Waals surface area contributed by atoms with Gasteiger partial charge in [-0.15, -0.1) is 0 Å². The first-order valence-corrected chi connectivity index (χ1v) is 6.18. The van der Waals surface area contributed by atoms with Crippen LogP contribution in [0.25, 0.3) is 0 Å². The maximum atomic E-state index is 11.3. The van der Waals surface area contributed by atoms with Gasteiger partial charge in [0.2, 0.25) is 5.91 Å². The maximum Gasteiger partial charge on any atom is 0.335 e. The number of hydrogen-bond donors (Lipinski definition) is 3. The maximum absolute atomic E-state index is 11.3. The molecule has 3 amide bonds. The van der Waals surface area contributed by atoms with E-state index in [4.69, 9.17) is 10.8 Å². The molecule has 1 aliphatic rings. The first-order chi connectivity index (χ1) is 9.47. The smallest absolute Gasteiger partial charge is 0.335 e. The highest BCUT2D eigenvalue weighted by atomic mass is 16.4. The minimum absolute atomic E-state index is 0.156. The third-order valence-electron chi connectivity index (χ3n) is 3.19. The Bertz CT molecular complexity index is 571. The predicted octanol–water partition coefficient (Wildman–Crippen LogP) is 0.332. The molecule has 7 heteroatoms. The molecule has 4 N–H and O–H groups in total. The van der Waals surface area contributed by atoms with E-state index >= 15 is 0 Å². The topological polar surface area (TPSA) is 113 Å². The van der Waals surface area contributed by atoms with Crippen LogP contribution in [0.5, 0.6) is 0 Å². The van der Waals surface area contributed by atoms with E-state index in [2.05, 4.69) is 0 Å². The summed E-state index contributed by atoms with van der Waals surface area (Å²) in [5.74, 6) is -1.37. The van der Waals surface area contributed by atoms with Crippen molar-refractivity contribution in [3.8, 4) is 0 Å². The summed E-state index contributed by atoms with van der Waals surface area (Å²) in [5.41, 5.74) is 7.01. The van der Waals surface area contributed by atoms with Crippen molar-refractivity contribution in [2.75, 3.05) is 18.0 Å². The van der Waals surface area contributed by atoms with Crippen LogP contribution >= 0.6 is 0 Å². The van der Waals surface area contributed by atoms with Crippen LogP contribution in [0.1, 0.15) is 22.3 Å². The number of amides is 3. The van der Waals surface area contributed by atoms with Gasteiger partial charge in [0.15, 0.2) is 0 Å². The monoisotopic (exact) mass is 277 g/mol. The zero-order chi connectivity index (χ0) is 14.7. The van der Waals surface area contributed by atoms with Gasteiger partial charge in [-0.1, -0.05) is 0 Å². The minimum Gasteiger partial charge on any atom is -0.478 e. The van der Waals surface area contributed by atoms with Crippen molar-refractivity contribution >= 4 is 23.6 Å². The molecule has 0 atom stereocenters. The Hall–Kier alpha value is -2.57. The number of aromatic carboxylic acids is 1. The Morgan fingerprint density at radius 2 is 2.10 bits per heavy atom. The second-order valence-corrected chi connectivity index (χ2v) is 4.55. The highest BCUT2D eigenvalue weighted by molar-refractivity contribution is 5.93. The van der Waals surface area contributed by atoms with Gasteiger partial charge in [0.25, 0.3) is 0 Å². The number of primary amides is 1. The average molecular weight is 277 g/mol. The summed E-state index contributed by atoms with van der Waals surface area (Å²) >= 11 is 0. The number of carbonyl (C=O) groups is 3. The summed E-state index contributed by atoms with van der Waals surface area (Å²) in [6.07, 6.45) is 0.900. The molecule has 2 rings (SSSR count). The van der Waals surface area contributed by atoms with Crippen molar-refractivity contribution in [2.24, 2.45) is 5.73 Å². The van der Waals surface area contributed by atoms with Gasteiger partial charge in [-0.2, -0.15) is 0 Å². The lowest BCUT2D eigenvalue weighted by atomic mass is 10.1. The Morgan fingerprint density at radius 3 is 2.75 bits per heavy atom. The largest absolute Gasteiger partial charge is 0.478 e. The number of carboxylic acids is 1. The molecule has 0 bridgehead atoms. The van der Waals surface area contributed by atoms with Crippen LogP contribution in [-0.4, -0.2) is 36.1 Å². The number of fused-ring (bicyclic) bond motifs is 1. The standard InChI is InChI=1S/C13H15N3O4/c14-13(20)15-11(17)4-6-16-5-3-8-7-9(12(18)19)1-2-10(8)16/h1-2,7H,3-6H2,(H,18,19)(H3,14,15,17,20). The molecular weight excluding hydrogens is 262 g/mol. The fourth-order valence-corrected chi connectivity index (χ4v) is 2.27. The van der Waals surface area contributed by atoms with Crippen LogP contribution in [-0.2, 0) is 11.2 Å². The van der Waals surface area contributed by atoms with Crippen LogP contribution in [0.15, 0.2) is 18.2 Å². The first kappa shape index (κ1) is 13.9. The zero-order valence-electron chi connectivity index (χ0n) is 10.8. The number of benzene rings is 1. The molecule has 0 unspecified atom stereocenters. The van der Waals surface area contributed by atoms with Gasteiger partial charge < -0.3 is 15.7 Å². The van der Waals surface area contributed by atoms with Crippen LogP contribution in [0, 0.1) is 0 Å². The number of imide groups is 1. The molecule has 1 aliphatic heterocycles. The first-order valence-electron chi connectivity index (χ1n) is 6.18. The third kappa shape index (κ3) is 3.05. The van der Waals surface area contributed by atoms with Crippen LogP contribution < -0.4 is 16.0 Å².